The summed E-state index contributed by atoms with van der Waals surface area (Å²) in [5.74, 6) is -0.559. The molecule has 1 rings (SSSR count). The summed E-state index contributed by atoms with van der Waals surface area (Å²) in [4.78, 5) is 11.7. The lowest BCUT2D eigenvalue weighted by molar-refractivity contribution is -0.149. The number of hydrogen-bond donors (Lipinski definition) is 0. The third-order valence-corrected chi connectivity index (χ3v) is 2.71. The summed E-state index contributed by atoms with van der Waals surface area (Å²) in [6.07, 6.45) is -3.83. The molecule has 0 bridgehead atoms. The van der Waals surface area contributed by atoms with E-state index in [9.17, 15) is 18.0 Å². The van der Waals surface area contributed by atoms with Gasteiger partial charge in [-0.1, -0.05) is 13.8 Å². The van der Waals surface area contributed by atoms with E-state index >= 15 is 0 Å². The van der Waals surface area contributed by atoms with Crippen molar-refractivity contribution in [3.8, 4) is 0 Å². The van der Waals surface area contributed by atoms with E-state index in [0.29, 0.717) is 18.5 Å². The van der Waals surface area contributed by atoms with Gasteiger partial charge in [-0.05, 0) is 25.8 Å². The van der Waals surface area contributed by atoms with Crippen LogP contribution in [0.4, 0.5) is 13.2 Å². The number of ether oxygens (including phenoxy) is 1. The number of carbonyl (C=O) groups excluding carboxylic acids is 1. The number of carbonyl (C=O) groups is 1. The van der Waals surface area contributed by atoms with Crippen molar-refractivity contribution >= 4 is 5.97 Å². The molecule has 0 N–H and O–H groups in total. The summed E-state index contributed by atoms with van der Waals surface area (Å²) in [5.41, 5.74) is -0.612. The molecular weight excluding hydrogens is 261 g/mol. The summed E-state index contributed by atoms with van der Waals surface area (Å²) in [7, 11) is 0. The van der Waals surface area contributed by atoms with Crippen molar-refractivity contribution in [2.45, 2.75) is 45.8 Å². The lowest BCUT2D eigenvalue weighted by atomic mass is 10.2. The van der Waals surface area contributed by atoms with Crippen LogP contribution in [0.3, 0.4) is 0 Å². The molecule has 0 radical (unpaired) electrons. The third-order valence-electron chi connectivity index (χ3n) is 2.71. The van der Waals surface area contributed by atoms with Crippen LogP contribution in [-0.2, 0) is 22.1 Å². The van der Waals surface area contributed by atoms with Crippen molar-refractivity contribution in [2.24, 2.45) is 0 Å². The van der Waals surface area contributed by atoms with Gasteiger partial charge in [-0.25, -0.2) is 4.79 Å². The molecule has 0 fully saturated rings. The highest BCUT2D eigenvalue weighted by Crippen LogP contribution is 2.30. The van der Waals surface area contributed by atoms with Crippen molar-refractivity contribution in [3.63, 3.8) is 0 Å². The highest BCUT2D eigenvalue weighted by molar-refractivity contribution is 5.74. The molecule has 4 nitrogen and oxygen atoms in total. The average Bonchev–Trinajstić information content (AvgIpc) is 2.74. The molecule has 0 amide bonds. The molecule has 0 saturated carbocycles. The number of nitrogens with zero attached hydrogens (tertiary/aromatic N) is 2. The molecule has 1 aromatic rings. The Hall–Kier alpha value is -1.53. The highest BCUT2D eigenvalue weighted by Gasteiger charge is 2.36. The van der Waals surface area contributed by atoms with Gasteiger partial charge in [-0.15, -0.1) is 0 Å². The number of hydrogen-bond acceptors (Lipinski definition) is 3. The number of rotatable bonds is 5. The van der Waals surface area contributed by atoms with Crippen molar-refractivity contribution in [1.29, 1.82) is 0 Å². The van der Waals surface area contributed by atoms with Gasteiger partial charge < -0.3 is 4.74 Å². The minimum atomic E-state index is -4.51. The Balaban J connectivity index is 3.16. The zero-order valence-electron chi connectivity index (χ0n) is 11.1. The number of aromatic nitrogens is 2. The maximum Gasteiger partial charge on any atom is 0.435 e. The molecule has 108 valence electrons. The van der Waals surface area contributed by atoms with Crippen molar-refractivity contribution in [1.82, 2.24) is 9.78 Å². The second-order valence-corrected chi connectivity index (χ2v) is 3.99. The van der Waals surface area contributed by atoms with E-state index in [1.165, 1.54) is 0 Å². The van der Waals surface area contributed by atoms with Crippen LogP contribution in [0, 0.1) is 0 Å². The molecular formula is C12H17F3N2O2. The fourth-order valence-electron chi connectivity index (χ4n) is 1.78. The predicted octanol–water partition coefficient (Wildman–Crippen LogP) is 2.98. The summed E-state index contributed by atoms with van der Waals surface area (Å²) in [5, 5.41) is 3.52. The molecule has 1 atom stereocenters. The van der Waals surface area contributed by atoms with Gasteiger partial charge in [-0.3, -0.25) is 4.68 Å². The molecule has 0 aliphatic carbocycles. The van der Waals surface area contributed by atoms with E-state index in [1.807, 2.05) is 0 Å². The number of alkyl halides is 3. The van der Waals surface area contributed by atoms with E-state index in [0.717, 1.165) is 10.7 Å². The highest BCUT2D eigenvalue weighted by atomic mass is 19.4. The Morgan fingerprint density at radius 2 is 2.05 bits per heavy atom. The van der Waals surface area contributed by atoms with Crippen LogP contribution in [0.1, 0.15) is 44.6 Å². The second-order valence-electron chi connectivity index (χ2n) is 3.99. The zero-order chi connectivity index (χ0) is 14.6. The summed E-state index contributed by atoms with van der Waals surface area (Å²) in [6, 6.07) is 0.160. The minimum Gasteiger partial charge on any atom is -0.464 e. The predicted molar refractivity (Wildman–Crippen MR) is 62.6 cm³/mol. The molecule has 0 aromatic carbocycles. The lowest BCUT2D eigenvalue weighted by Gasteiger charge is -2.16. The lowest BCUT2D eigenvalue weighted by Crippen LogP contribution is -2.24. The fourth-order valence-corrected chi connectivity index (χ4v) is 1.78. The van der Waals surface area contributed by atoms with E-state index < -0.39 is 23.9 Å². The van der Waals surface area contributed by atoms with Gasteiger partial charge in [0.15, 0.2) is 5.69 Å². The van der Waals surface area contributed by atoms with E-state index in [4.69, 9.17) is 4.74 Å². The molecule has 0 saturated heterocycles. The van der Waals surface area contributed by atoms with Gasteiger partial charge in [0, 0.05) is 5.69 Å². The number of esters is 1. The molecule has 0 aliphatic rings. The van der Waals surface area contributed by atoms with Crippen LogP contribution in [-0.4, -0.2) is 22.4 Å². The Bertz CT molecular complexity index is 441. The first kappa shape index (κ1) is 15.5. The van der Waals surface area contributed by atoms with Crippen LogP contribution in [0.25, 0.3) is 0 Å². The van der Waals surface area contributed by atoms with Crippen LogP contribution < -0.4 is 0 Å². The first-order chi connectivity index (χ1) is 8.85. The third kappa shape index (κ3) is 3.48. The van der Waals surface area contributed by atoms with E-state index in [1.54, 1.807) is 20.8 Å². The van der Waals surface area contributed by atoms with Crippen molar-refractivity contribution in [3.05, 3.63) is 17.5 Å². The smallest absolute Gasteiger partial charge is 0.435 e. The van der Waals surface area contributed by atoms with Gasteiger partial charge in [0.2, 0.25) is 0 Å². The zero-order valence-corrected chi connectivity index (χ0v) is 11.1. The maximum absolute atomic E-state index is 12.6. The standard InChI is InChI=1S/C12H17F3N2O2/c1-4-8-7-10(12(13,14)15)16-17(8)9(5-2)11(18)19-6-3/h7,9H,4-6H2,1-3H3. The summed E-state index contributed by atoms with van der Waals surface area (Å²) < 4.78 is 43.9. The first-order valence-electron chi connectivity index (χ1n) is 6.17. The molecule has 1 heterocycles. The van der Waals surface area contributed by atoms with E-state index in [-0.39, 0.29) is 6.61 Å². The Kier molecular flexibility index (Phi) is 4.97. The largest absolute Gasteiger partial charge is 0.464 e. The second kappa shape index (κ2) is 6.08. The Labute approximate surface area is 109 Å². The SMILES string of the molecule is CCOC(=O)C(CC)n1nc(C(F)(F)F)cc1CC. The van der Waals surface area contributed by atoms with Crippen LogP contribution in [0.2, 0.25) is 0 Å². The van der Waals surface area contributed by atoms with Gasteiger partial charge in [0.05, 0.1) is 6.61 Å². The molecule has 0 spiro atoms. The molecule has 19 heavy (non-hydrogen) atoms. The Morgan fingerprint density at radius 3 is 2.47 bits per heavy atom. The molecule has 7 heteroatoms. The van der Waals surface area contributed by atoms with Crippen molar-refractivity contribution < 1.29 is 22.7 Å². The summed E-state index contributed by atoms with van der Waals surface area (Å²) >= 11 is 0. The number of halogens is 3. The molecule has 0 aliphatic heterocycles. The van der Waals surface area contributed by atoms with E-state index in [2.05, 4.69) is 5.10 Å². The van der Waals surface area contributed by atoms with Gasteiger partial charge in [0.25, 0.3) is 0 Å². The first-order valence-corrected chi connectivity index (χ1v) is 6.17. The summed E-state index contributed by atoms with van der Waals surface area (Å²) in [6.45, 7) is 5.25. The number of aryl methyl sites for hydroxylation is 1. The quantitative estimate of drug-likeness (QED) is 0.778. The monoisotopic (exact) mass is 278 g/mol. The maximum atomic E-state index is 12.6. The van der Waals surface area contributed by atoms with Crippen LogP contribution >= 0.6 is 0 Å². The normalized spacial score (nSPS) is 13.4. The molecule has 1 aromatic heterocycles. The van der Waals surface area contributed by atoms with Crippen molar-refractivity contribution in [2.75, 3.05) is 6.61 Å². The van der Waals surface area contributed by atoms with Gasteiger partial charge in [0.1, 0.15) is 6.04 Å². The van der Waals surface area contributed by atoms with Gasteiger partial charge in [-0.2, -0.15) is 18.3 Å². The Morgan fingerprint density at radius 1 is 1.42 bits per heavy atom. The molecule has 1 unspecified atom stereocenters. The topological polar surface area (TPSA) is 44.1 Å². The van der Waals surface area contributed by atoms with Crippen LogP contribution in [0.15, 0.2) is 6.07 Å². The fraction of sp³-hybridized carbons (Fsp3) is 0.667. The minimum absolute atomic E-state index is 0.185. The average molecular weight is 278 g/mol. The van der Waals surface area contributed by atoms with Crippen LogP contribution in [0.5, 0.6) is 0 Å². The van der Waals surface area contributed by atoms with Gasteiger partial charge >= 0.3 is 12.1 Å².